The predicted molar refractivity (Wildman–Crippen MR) is 87.5 cm³/mol. The van der Waals surface area contributed by atoms with Crippen molar-refractivity contribution < 1.29 is 9.53 Å². The lowest BCUT2D eigenvalue weighted by Crippen LogP contribution is -2.36. The quantitative estimate of drug-likeness (QED) is 0.761. The van der Waals surface area contributed by atoms with Crippen molar-refractivity contribution in [3.8, 4) is 0 Å². The molecule has 4 nitrogen and oxygen atoms in total. The molecule has 1 amide bonds. The Hall–Kier alpha value is -0.770. The van der Waals surface area contributed by atoms with E-state index < -0.39 is 5.60 Å². The number of rotatable bonds is 6. The molecule has 0 radical (unpaired) electrons. The molecular formula is C17H34N2O2. The number of carbonyl (C=O) groups is 1. The molecule has 1 fully saturated rings. The topological polar surface area (TPSA) is 41.6 Å². The van der Waals surface area contributed by atoms with Gasteiger partial charge in [-0.1, -0.05) is 13.8 Å². The monoisotopic (exact) mass is 298 g/mol. The average Bonchev–Trinajstić information content (AvgIpc) is 2.34. The molecule has 1 saturated heterocycles. The zero-order valence-corrected chi connectivity index (χ0v) is 14.6. The molecule has 1 N–H and O–H groups in total. The Morgan fingerprint density at radius 2 is 1.90 bits per heavy atom. The van der Waals surface area contributed by atoms with Gasteiger partial charge in [0.05, 0.1) is 0 Å². The van der Waals surface area contributed by atoms with E-state index in [2.05, 4.69) is 24.1 Å². The first-order valence-electron chi connectivity index (χ1n) is 8.45. The summed E-state index contributed by atoms with van der Waals surface area (Å²) in [5, 5.41) is 2.84. The molecule has 124 valence electrons. The van der Waals surface area contributed by atoms with Crippen LogP contribution in [0.4, 0.5) is 4.79 Å². The van der Waals surface area contributed by atoms with Crippen molar-refractivity contribution in [3.63, 3.8) is 0 Å². The van der Waals surface area contributed by atoms with Crippen molar-refractivity contribution in [3.05, 3.63) is 0 Å². The van der Waals surface area contributed by atoms with Crippen molar-refractivity contribution >= 4 is 6.09 Å². The second-order valence-corrected chi connectivity index (χ2v) is 7.71. The Balaban J connectivity index is 2.06. The highest BCUT2D eigenvalue weighted by molar-refractivity contribution is 5.67. The molecule has 0 aromatic carbocycles. The van der Waals surface area contributed by atoms with Gasteiger partial charge in [0.25, 0.3) is 0 Å². The van der Waals surface area contributed by atoms with Crippen molar-refractivity contribution in [2.45, 2.75) is 65.9 Å². The van der Waals surface area contributed by atoms with Gasteiger partial charge in [-0.2, -0.15) is 0 Å². The van der Waals surface area contributed by atoms with E-state index in [0.717, 1.165) is 24.8 Å². The Bertz CT molecular complexity index is 302. The molecule has 0 aromatic rings. The Morgan fingerprint density at radius 1 is 1.29 bits per heavy atom. The first-order valence-corrected chi connectivity index (χ1v) is 8.45. The lowest BCUT2D eigenvalue weighted by atomic mass is 9.92. The number of hydrogen-bond acceptors (Lipinski definition) is 3. The van der Waals surface area contributed by atoms with Crippen LogP contribution in [0.15, 0.2) is 0 Å². The fourth-order valence-electron chi connectivity index (χ4n) is 2.87. The van der Waals surface area contributed by atoms with E-state index in [9.17, 15) is 4.79 Å². The van der Waals surface area contributed by atoms with Crippen LogP contribution in [0.1, 0.15) is 60.3 Å². The molecule has 1 rings (SSSR count). The number of ether oxygens (including phenoxy) is 1. The van der Waals surface area contributed by atoms with Crippen LogP contribution in [-0.4, -0.2) is 42.8 Å². The van der Waals surface area contributed by atoms with Crippen LogP contribution in [0.25, 0.3) is 0 Å². The summed E-state index contributed by atoms with van der Waals surface area (Å²) in [6.07, 6.45) is 4.58. The molecular weight excluding hydrogens is 264 g/mol. The summed E-state index contributed by atoms with van der Waals surface area (Å²) in [4.78, 5) is 14.1. The summed E-state index contributed by atoms with van der Waals surface area (Å²) >= 11 is 0. The molecule has 1 aliphatic rings. The molecule has 21 heavy (non-hydrogen) atoms. The zero-order chi connectivity index (χ0) is 15.9. The van der Waals surface area contributed by atoms with Gasteiger partial charge in [-0.15, -0.1) is 0 Å². The summed E-state index contributed by atoms with van der Waals surface area (Å²) in [5.74, 6) is 1.59. The lowest BCUT2D eigenvalue weighted by molar-refractivity contribution is 0.0525. The van der Waals surface area contributed by atoms with E-state index in [-0.39, 0.29) is 6.09 Å². The summed E-state index contributed by atoms with van der Waals surface area (Å²) in [5.41, 5.74) is -0.409. The number of amides is 1. The number of carbonyl (C=O) groups excluding carboxylic acids is 1. The maximum absolute atomic E-state index is 11.5. The molecule has 4 heteroatoms. The first-order chi connectivity index (χ1) is 9.76. The SMILES string of the molecule is CC(C)CN1CCC(CCCNC(=O)OC(C)(C)C)CC1. The lowest BCUT2D eigenvalue weighted by Gasteiger charge is -2.33. The maximum Gasteiger partial charge on any atom is 0.407 e. The third-order valence-electron chi connectivity index (χ3n) is 3.79. The Morgan fingerprint density at radius 3 is 2.43 bits per heavy atom. The number of piperidine rings is 1. The molecule has 0 unspecified atom stereocenters. The second kappa shape index (κ2) is 8.62. The number of hydrogen-bond donors (Lipinski definition) is 1. The van der Waals surface area contributed by atoms with Crippen molar-refractivity contribution in [1.82, 2.24) is 10.2 Å². The van der Waals surface area contributed by atoms with Gasteiger partial charge in [0.1, 0.15) is 5.60 Å². The third-order valence-corrected chi connectivity index (χ3v) is 3.79. The minimum atomic E-state index is -0.409. The normalized spacial score (nSPS) is 18.0. The molecule has 0 spiro atoms. The van der Waals surface area contributed by atoms with Crippen LogP contribution in [0, 0.1) is 11.8 Å². The maximum atomic E-state index is 11.5. The Labute approximate surface area is 130 Å². The molecule has 0 bridgehead atoms. The van der Waals surface area contributed by atoms with E-state index in [0.29, 0.717) is 0 Å². The highest BCUT2D eigenvalue weighted by Gasteiger charge is 2.19. The van der Waals surface area contributed by atoms with Crippen molar-refractivity contribution in [2.75, 3.05) is 26.2 Å². The minimum absolute atomic E-state index is 0.297. The van der Waals surface area contributed by atoms with Crippen LogP contribution >= 0.6 is 0 Å². The molecule has 1 heterocycles. The van der Waals surface area contributed by atoms with Crippen LogP contribution in [-0.2, 0) is 4.74 Å². The van der Waals surface area contributed by atoms with Crippen LogP contribution in [0.5, 0.6) is 0 Å². The van der Waals surface area contributed by atoms with Gasteiger partial charge in [0.15, 0.2) is 0 Å². The van der Waals surface area contributed by atoms with Crippen LogP contribution < -0.4 is 5.32 Å². The minimum Gasteiger partial charge on any atom is -0.444 e. The van der Waals surface area contributed by atoms with E-state index in [1.165, 1.54) is 38.9 Å². The highest BCUT2D eigenvalue weighted by Crippen LogP contribution is 2.22. The van der Waals surface area contributed by atoms with E-state index in [4.69, 9.17) is 4.74 Å². The van der Waals surface area contributed by atoms with Crippen LogP contribution in [0.2, 0.25) is 0 Å². The fraction of sp³-hybridized carbons (Fsp3) is 0.941. The smallest absolute Gasteiger partial charge is 0.407 e. The van der Waals surface area contributed by atoms with Crippen molar-refractivity contribution in [1.29, 1.82) is 0 Å². The number of nitrogens with one attached hydrogen (secondary N) is 1. The summed E-state index contributed by atoms with van der Waals surface area (Å²) < 4.78 is 5.22. The number of nitrogens with zero attached hydrogens (tertiary/aromatic N) is 1. The Kier molecular flexibility index (Phi) is 7.50. The van der Waals surface area contributed by atoms with Gasteiger partial charge in [-0.05, 0) is 71.4 Å². The zero-order valence-electron chi connectivity index (χ0n) is 14.6. The van der Waals surface area contributed by atoms with Crippen LogP contribution in [0.3, 0.4) is 0 Å². The predicted octanol–water partition coefficient (Wildman–Crippen LogP) is 3.66. The van der Waals surface area contributed by atoms with Gasteiger partial charge in [-0.25, -0.2) is 4.79 Å². The van der Waals surface area contributed by atoms with E-state index in [1.54, 1.807) is 0 Å². The number of alkyl carbamates (subject to hydrolysis) is 1. The summed E-state index contributed by atoms with van der Waals surface area (Å²) in [6.45, 7) is 14.7. The van der Waals surface area contributed by atoms with Gasteiger partial charge >= 0.3 is 6.09 Å². The first kappa shape index (κ1) is 18.3. The van der Waals surface area contributed by atoms with E-state index >= 15 is 0 Å². The largest absolute Gasteiger partial charge is 0.444 e. The fourth-order valence-corrected chi connectivity index (χ4v) is 2.87. The summed E-state index contributed by atoms with van der Waals surface area (Å²) in [7, 11) is 0. The molecule has 1 aliphatic heterocycles. The van der Waals surface area contributed by atoms with Gasteiger partial charge in [0, 0.05) is 13.1 Å². The van der Waals surface area contributed by atoms with Crippen molar-refractivity contribution in [2.24, 2.45) is 11.8 Å². The molecule has 0 aliphatic carbocycles. The standard InChI is InChI=1S/C17H34N2O2/c1-14(2)13-19-11-8-15(9-12-19)7-6-10-18-16(20)21-17(3,4)5/h14-15H,6-13H2,1-5H3,(H,18,20). The number of likely N-dealkylation sites (tertiary alicyclic amines) is 1. The summed E-state index contributed by atoms with van der Waals surface area (Å²) in [6, 6.07) is 0. The van der Waals surface area contributed by atoms with Gasteiger partial charge in [-0.3, -0.25) is 0 Å². The molecule has 0 aromatic heterocycles. The van der Waals surface area contributed by atoms with E-state index in [1.807, 2.05) is 20.8 Å². The third kappa shape index (κ3) is 8.97. The average molecular weight is 298 g/mol. The van der Waals surface area contributed by atoms with Gasteiger partial charge < -0.3 is 15.0 Å². The molecule has 0 atom stereocenters. The highest BCUT2D eigenvalue weighted by atomic mass is 16.6. The second-order valence-electron chi connectivity index (χ2n) is 7.71. The van der Waals surface area contributed by atoms with Gasteiger partial charge in [0.2, 0.25) is 0 Å². The molecule has 0 saturated carbocycles.